The van der Waals surface area contributed by atoms with Crippen LogP contribution in [0.3, 0.4) is 0 Å². The van der Waals surface area contributed by atoms with Gasteiger partial charge in [0.15, 0.2) is 11.5 Å². The van der Waals surface area contributed by atoms with Crippen LogP contribution in [0, 0.1) is 16.7 Å². The predicted octanol–water partition coefficient (Wildman–Crippen LogP) is 3.56. The van der Waals surface area contributed by atoms with E-state index in [0.717, 1.165) is 59.9 Å². The summed E-state index contributed by atoms with van der Waals surface area (Å²) in [5.74, 6) is 1.49. The second-order valence-electron chi connectivity index (χ2n) is 8.55. The summed E-state index contributed by atoms with van der Waals surface area (Å²) in [7, 11) is 3.80. The summed E-state index contributed by atoms with van der Waals surface area (Å²) in [5.41, 5.74) is 5.42. The number of aromatic nitrogens is 4. The average Bonchev–Trinajstić information content (AvgIpc) is 3.42. The van der Waals surface area contributed by atoms with Crippen LogP contribution < -0.4 is 15.5 Å². The third-order valence-electron chi connectivity index (χ3n) is 6.60. The molecule has 1 fully saturated rings. The van der Waals surface area contributed by atoms with Crippen LogP contribution in [0.2, 0.25) is 0 Å². The number of nitriles is 1. The number of hydrogen-bond donors (Lipinski definition) is 3. The number of piperidine rings is 1. The molecule has 0 unspecified atom stereocenters. The van der Waals surface area contributed by atoms with Gasteiger partial charge in [-0.3, -0.25) is 4.40 Å². The smallest absolute Gasteiger partial charge is 0.180 e. The molecule has 9 heteroatoms. The highest BCUT2D eigenvalue weighted by Crippen LogP contribution is 2.36. The second-order valence-corrected chi connectivity index (χ2v) is 8.55. The van der Waals surface area contributed by atoms with Gasteiger partial charge in [0, 0.05) is 67.7 Å². The van der Waals surface area contributed by atoms with E-state index < -0.39 is 0 Å². The minimum Gasteiger partial charge on any atom is -0.373 e. The number of hydrogen-bond acceptors (Lipinski definition) is 8. The summed E-state index contributed by atoms with van der Waals surface area (Å²) in [6.45, 7) is 1.78. The first-order chi connectivity index (χ1) is 17.2. The van der Waals surface area contributed by atoms with E-state index in [1.165, 1.54) is 6.21 Å². The minimum atomic E-state index is 0.510. The molecule has 0 amide bonds. The summed E-state index contributed by atoms with van der Waals surface area (Å²) < 4.78 is 2.06. The molecule has 176 valence electrons. The van der Waals surface area contributed by atoms with Gasteiger partial charge in [-0.2, -0.15) is 5.26 Å². The maximum Gasteiger partial charge on any atom is 0.180 e. The molecule has 5 rings (SSSR count). The van der Waals surface area contributed by atoms with Gasteiger partial charge in [0.25, 0.3) is 0 Å². The SMILES string of the molecule is CNc1ncc(-c2c(-c3ccc(C#N)cc3)nc(N3CCC(NC)CC3)c3nccn23)cc1C=N. The molecule has 0 bridgehead atoms. The molecule has 3 aromatic heterocycles. The molecule has 3 N–H and O–H groups in total. The van der Waals surface area contributed by atoms with E-state index in [0.29, 0.717) is 23.0 Å². The number of nitrogens with zero attached hydrogens (tertiary/aromatic N) is 6. The number of fused-ring (bicyclic) bond motifs is 1. The van der Waals surface area contributed by atoms with Gasteiger partial charge in [-0.1, -0.05) is 12.1 Å². The fraction of sp³-hybridized carbons (Fsp3) is 0.269. The van der Waals surface area contributed by atoms with Crippen molar-refractivity contribution in [3.63, 3.8) is 0 Å². The van der Waals surface area contributed by atoms with E-state index in [-0.39, 0.29) is 0 Å². The highest BCUT2D eigenvalue weighted by Gasteiger charge is 2.25. The molecule has 0 aliphatic carbocycles. The molecular weight excluding hydrogens is 438 g/mol. The van der Waals surface area contributed by atoms with Gasteiger partial charge in [0.05, 0.1) is 23.0 Å². The van der Waals surface area contributed by atoms with Gasteiger partial charge in [0.1, 0.15) is 5.82 Å². The Morgan fingerprint density at radius 1 is 1.11 bits per heavy atom. The van der Waals surface area contributed by atoms with Crippen LogP contribution >= 0.6 is 0 Å². The van der Waals surface area contributed by atoms with Crippen molar-refractivity contribution >= 4 is 23.5 Å². The van der Waals surface area contributed by atoms with Gasteiger partial charge >= 0.3 is 0 Å². The summed E-state index contributed by atoms with van der Waals surface area (Å²) in [4.78, 5) is 16.7. The zero-order valence-electron chi connectivity index (χ0n) is 19.8. The first-order valence-corrected chi connectivity index (χ1v) is 11.6. The van der Waals surface area contributed by atoms with E-state index in [1.807, 2.05) is 43.6 Å². The van der Waals surface area contributed by atoms with Crippen molar-refractivity contribution in [3.8, 4) is 28.6 Å². The lowest BCUT2D eigenvalue weighted by Crippen LogP contribution is -2.41. The van der Waals surface area contributed by atoms with E-state index >= 15 is 0 Å². The van der Waals surface area contributed by atoms with Gasteiger partial charge in [-0.05, 0) is 38.1 Å². The molecule has 35 heavy (non-hydrogen) atoms. The first-order valence-electron chi connectivity index (χ1n) is 11.6. The highest BCUT2D eigenvalue weighted by molar-refractivity contribution is 5.89. The Hall–Kier alpha value is -4.29. The monoisotopic (exact) mass is 465 g/mol. The van der Waals surface area contributed by atoms with Gasteiger partial charge in [-0.15, -0.1) is 0 Å². The highest BCUT2D eigenvalue weighted by atomic mass is 15.2. The molecule has 9 nitrogen and oxygen atoms in total. The van der Waals surface area contributed by atoms with E-state index in [1.54, 1.807) is 19.4 Å². The average molecular weight is 466 g/mol. The summed E-state index contributed by atoms with van der Waals surface area (Å²) in [6, 6.07) is 12.1. The quantitative estimate of drug-likeness (QED) is 0.373. The Balaban J connectivity index is 1.74. The number of anilines is 2. The third kappa shape index (κ3) is 4.09. The van der Waals surface area contributed by atoms with Crippen molar-refractivity contribution in [1.29, 1.82) is 10.7 Å². The molecule has 0 atom stereocenters. The standard InChI is InChI=1S/C26H27N9/c1-29-21-7-10-34(11-8-21)26-25-31-9-12-35(25)23(20-13-19(15-28)24(30-2)32-16-20)22(33-26)18-5-3-17(14-27)4-6-18/h3-6,9,12-13,15-16,21,28-29H,7-8,10-11H2,1-2H3,(H,30,32). The molecular formula is C26H27N9. The van der Waals surface area contributed by atoms with Crippen molar-refractivity contribution in [2.45, 2.75) is 18.9 Å². The predicted molar refractivity (Wildman–Crippen MR) is 138 cm³/mol. The van der Waals surface area contributed by atoms with Crippen molar-refractivity contribution in [2.75, 3.05) is 37.4 Å². The second kappa shape index (κ2) is 9.52. The zero-order chi connectivity index (χ0) is 24.4. The van der Waals surface area contributed by atoms with Crippen molar-refractivity contribution in [3.05, 3.63) is 60.0 Å². The normalized spacial score (nSPS) is 14.1. The number of imidazole rings is 1. The maximum absolute atomic E-state index is 9.28. The lowest BCUT2D eigenvalue weighted by atomic mass is 10.0. The summed E-state index contributed by atoms with van der Waals surface area (Å²) in [6.07, 6.45) is 8.90. The van der Waals surface area contributed by atoms with Crippen molar-refractivity contribution < 1.29 is 0 Å². The van der Waals surface area contributed by atoms with Crippen molar-refractivity contribution in [1.82, 2.24) is 24.7 Å². The molecule has 0 spiro atoms. The maximum atomic E-state index is 9.28. The fourth-order valence-corrected chi connectivity index (χ4v) is 4.67. The van der Waals surface area contributed by atoms with Crippen LogP contribution in [-0.4, -0.2) is 58.8 Å². The third-order valence-corrected chi connectivity index (χ3v) is 6.60. The molecule has 1 aromatic carbocycles. The molecule has 1 saturated heterocycles. The van der Waals surface area contributed by atoms with Gasteiger partial charge in [0.2, 0.25) is 0 Å². The van der Waals surface area contributed by atoms with Gasteiger partial charge < -0.3 is 20.9 Å². The summed E-state index contributed by atoms with van der Waals surface area (Å²) in [5, 5.41) is 23.6. The van der Waals surface area contributed by atoms with Crippen LogP contribution in [0.1, 0.15) is 24.0 Å². The number of pyridine rings is 1. The van der Waals surface area contributed by atoms with Gasteiger partial charge in [-0.25, -0.2) is 15.0 Å². The van der Waals surface area contributed by atoms with Crippen LogP contribution in [0.25, 0.3) is 28.2 Å². The number of nitrogens with one attached hydrogen (secondary N) is 3. The Morgan fingerprint density at radius 3 is 2.54 bits per heavy atom. The van der Waals surface area contributed by atoms with Crippen LogP contribution in [0.15, 0.2) is 48.9 Å². The lowest BCUT2D eigenvalue weighted by Gasteiger charge is -2.33. The lowest BCUT2D eigenvalue weighted by molar-refractivity contribution is 0.441. The Labute approximate surface area is 204 Å². The number of benzene rings is 1. The van der Waals surface area contributed by atoms with Crippen molar-refractivity contribution in [2.24, 2.45) is 0 Å². The van der Waals surface area contributed by atoms with E-state index in [9.17, 15) is 5.26 Å². The molecule has 4 aromatic rings. The zero-order valence-corrected chi connectivity index (χ0v) is 19.8. The van der Waals surface area contributed by atoms with E-state index in [4.69, 9.17) is 10.4 Å². The Bertz CT molecular complexity index is 1410. The minimum absolute atomic E-state index is 0.510. The topological polar surface area (TPSA) is 118 Å². The summed E-state index contributed by atoms with van der Waals surface area (Å²) >= 11 is 0. The Morgan fingerprint density at radius 2 is 1.89 bits per heavy atom. The Kier molecular flexibility index (Phi) is 6.12. The molecule has 0 saturated carbocycles. The number of rotatable bonds is 6. The molecule has 0 radical (unpaired) electrons. The van der Waals surface area contributed by atoms with Crippen LogP contribution in [0.4, 0.5) is 11.6 Å². The molecule has 1 aliphatic heterocycles. The molecule has 4 heterocycles. The van der Waals surface area contributed by atoms with Crippen LogP contribution in [-0.2, 0) is 0 Å². The van der Waals surface area contributed by atoms with E-state index in [2.05, 4.69) is 36.0 Å². The largest absolute Gasteiger partial charge is 0.373 e. The van der Waals surface area contributed by atoms with Crippen LogP contribution in [0.5, 0.6) is 0 Å². The fourth-order valence-electron chi connectivity index (χ4n) is 4.67. The first kappa shape index (κ1) is 22.5. The molecule has 1 aliphatic rings.